The molecule has 0 unspecified atom stereocenters. The number of halogens is 3. The minimum absolute atomic E-state index is 0.0385. The average molecular weight is 448 g/mol. The smallest absolute Gasteiger partial charge is 0.356 e. The Bertz CT molecular complexity index is 1020. The summed E-state index contributed by atoms with van der Waals surface area (Å²) < 4.78 is 38.0. The second-order valence-corrected chi connectivity index (χ2v) is 7.90. The Morgan fingerprint density at radius 2 is 1.97 bits per heavy atom. The van der Waals surface area contributed by atoms with Gasteiger partial charge in [-0.3, -0.25) is 10.3 Å². The van der Waals surface area contributed by atoms with E-state index in [-0.39, 0.29) is 12.1 Å². The van der Waals surface area contributed by atoms with Crippen LogP contribution in [-0.4, -0.2) is 40.1 Å². The minimum Gasteiger partial charge on any atom is -0.356 e. The van der Waals surface area contributed by atoms with Gasteiger partial charge in [0.2, 0.25) is 0 Å². The molecule has 0 saturated carbocycles. The van der Waals surface area contributed by atoms with Crippen molar-refractivity contribution in [3.8, 4) is 11.3 Å². The van der Waals surface area contributed by atoms with E-state index in [0.29, 0.717) is 36.9 Å². The van der Waals surface area contributed by atoms with Crippen LogP contribution in [0.15, 0.2) is 48.2 Å². The number of aromatic nitrogens is 3. The number of thiazole rings is 1. The summed E-state index contributed by atoms with van der Waals surface area (Å²) >= 11 is 1.33. The number of carbonyl (C=O) groups is 1. The fourth-order valence-electron chi connectivity index (χ4n) is 3.29. The second kappa shape index (κ2) is 8.88. The van der Waals surface area contributed by atoms with Crippen LogP contribution in [0.5, 0.6) is 0 Å². The molecular weight excluding hydrogens is 429 g/mol. The van der Waals surface area contributed by atoms with Crippen molar-refractivity contribution >= 4 is 28.3 Å². The number of carbonyl (C=O) groups excluding carboxylic acids is 1. The van der Waals surface area contributed by atoms with Crippen LogP contribution >= 0.6 is 11.3 Å². The highest BCUT2D eigenvalue weighted by atomic mass is 32.1. The monoisotopic (exact) mass is 448 g/mol. The maximum absolute atomic E-state index is 12.7. The van der Waals surface area contributed by atoms with Gasteiger partial charge in [-0.05, 0) is 37.1 Å². The van der Waals surface area contributed by atoms with Gasteiger partial charge >= 0.3 is 12.2 Å². The molecule has 4 heterocycles. The minimum atomic E-state index is -4.40. The molecule has 31 heavy (non-hydrogen) atoms. The van der Waals surface area contributed by atoms with Crippen LogP contribution in [0, 0.1) is 0 Å². The number of piperidine rings is 1. The molecule has 0 spiro atoms. The van der Waals surface area contributed by atoms with Crippen LogP contribution in [0.1, 0.15) is 18.4 Å². The summed E-state index contributed by atoms with van der Waals surface area (Å²) in [6, 6.07) is 5.76. The summed E-state index contributed by atoms with van der Waals surface area (Å²) in [5.41, 5.74) is 0.848. The zero-order valence-corrected chi connectivity index (χ0v) is 17.1. The lowest BCUT2D eigenvalue weighted by atomic mass is 10.1. The van der Waals surface area contributed by atoms with Gasteiger partial charge in [0.25, 0.3) is 0 Å². The summed E-state index contributed by atoms with van der Waals surface area (Å²) in [5.74, 6) is 0.501. The second-order valence-electron chi connectivity index (χ2n) is 7.04. The first-order valence-corrected chi connectivity index (χ1v) is 10.5. The standard InChI is InChI=1S/C20H19F3N6OS/c21-20(22,23)14-3-4-17(25-11-14)29-8-5-15(6-9-29)26-18(30)28-19-27-16(12-31-19)13-2-1-7-24-10-13/h1-4,7,10-12,15H,5-6,8-9H2,(H2,26,27,28,30). The van der Waals surface area contributed by atoms with Gasteiger partial charge in [0.1, 0.15) is 5.82 Å². The van der Waals surface area contributed by atoms with Crippen molar-refractivity contribution in [1.29, 1.82) is 0 Å². The number of alkyl halides is 3. The molecule has 162 valence electrons. The Morgan fingerprint density at radius 3 is 2.61 bits per heavy atom. The highest BCUT2D eigenvalue weighted by Gasteiger charge is 2.31. The van der Waals surface area contributed by atoms with Crippen LogP contribution in [-0.2, 0) is 6.18 Å². The summed E-state index contributed by atoms with van der Waals surface area (Å²) in [6.07, 6.45) is 1.16. The lowest BCUT2D eigenvalue weighted by Gasteiger charge is -2.33. The van der Waals surface area contributed by atoms with Crippen molar-refractivity contribution in [2.75, 3.05) is 23.3 Å². The highest BCUT2D eigenvalue weighted by Crippen LogP contribution is 2.30. The van der Waals surface area contributed by atoms with E-state index in [2.05, 4.69) is 25.6 Å². The van der Waals surface area contributed by atoms with Gasteiger partial charge in [0.05, 0.1) is 11.3 Å². The zero-order chi connectivity index (χ0) is 21.8. The molecular formula is C20H19F3N6OS. The molecule has 0 aromatic carbocycles. The van der Waals surface area contributed by atoms with Crippen molar-refractivity contribution in [3.05, 3.63) is 53.8 Å². The van der Waals surface area contributed by atoms with Crippen LogP contribution in [0.25, 0.3) is 11.3 Å². The first kappa shape index (κ1) is 21.0. The van der Waals surface area contributed by atoms with Gasteiger partial charge in [-0.25, -0.2) is 14.8 Å². The predicted octanol–water partition coefficient (Wildman–Crippen LogP) is 4.41. The zero-order valence-electron chi connectivity index (χ0n) is 16.3. The topological polar surface area (TPSA) is 83.0 Å². The van der Waals surface area contributed by atoms with Gasteiger partial charge in [0, 0.05) is 48.7 Å². The maximum Gasteiger partial charge on any atom is 0.417 e. The Hall–Kier alpha value is -3.21. The number of hydrogen-bond donors (Lipinski definition) is 2. The summed E-state index contributed by atoms with van der Waals surface area (Å²) in [5, 5.41) is 8.01. The fourth-order valence-corrected chi connectivity index (χ4v) is 4.01. The number of hydrogen-bond acceptors (Lipinski definition) is 6. The molecule has 1 aliphatic heterocycles. The number of urea groups is 1. The van der Waals surface area contributed by atoms with Crippen LogP contribution < -0.4 is 15.5 Å². The van der Waals surface area contributed by atoms with E-state index in [0.717, 1.165) is 23.5 Å². The third-order valence-corrected chi connectivity index (χ3v) is 5.67. The molecule has 0 aliphatic carbocycles. The summed E-state index contributed by atoms with van der Waals surface area (Å²) in [7, 11) is 0. The van der Waals surface area contributed by atoms with Crippen LogP contribution in [0.4, 0.5) is 28.9 Å². The maximum atomic E-state index is 12.7. The normalized spacial score (nSPS) is 15.0. The Labute approximate surface area is 180 Å². The first-order valence-electron chi connectivity index (χ1n) is 9.60. The molecule has 0 radical (unpaired) electrons. The third-order valence-electron chi connectivity index (χ3n) is 4.91. The van der Waals surface area contributed by atoms with Gasteiger partial charge in [-0.2, -0.15) is 13.2 Å². The van der Waals surface area contributed by atoms with Gasteiger partial charge < -0.3 is 10.2 Å². The lowest BCUT2D eigenvalue weighted by molar-refractivity contribution is -0.137. The third kappa shape index (κ3) is 5.29. The van der Waals surface area contributed by atoms with Crippen LogP contribution in [0.3, 0.4) is 0 Å². The van der Waals surface area contributed by atoms with E-state index in [9.17, 15) is 18.0 Å². The summed E-state index contributed by atoms with van der Waals surface area (Å²) in [4.78, 5) is 26.6. The molecule has 0 bridgehead atoms. The number of amides is 2. The van der Waals surface area contributed by atoms with Gasteiger partial charge in [-0.1, -0.05) is 0 Å². The van der Waals surface area contributed by atoms with E-state index in [1.54, 1.807) is 12.4 Å². The van der Waals surface area contributed by atoms with E-state index in [4.69, 9.17) is 0 Å². The summed E-state index contributed by atoms with van der Waals surface area (Å²) in [6.45, 7) is 1.18. The SMILES string of the molecule is O=C(Nc1nc(-c2cccnc2)cs1)NC1CCN(c2ccc(C(F)(F)F)cn2)CC1. The average Bonchev–Trinajstić information content (AvgIpc) is 3.23. The van der Waals surface area contributed by atoms with E-state index in [1.165, 1.54) is 17.4 Å². The molecule has 11 heteroatoms. The number of anilines is 2. The van der Waals surface area contributed by atoms with Crippen molar-refractivity contribution in [2.24, 2.45) is 0 Å². The Balaban J connectivity index is 1.26. The molecule has 1 saturated heterocycles. The lowest BCUT2D eigenvalue weighted by Crippen LogP contribution is -2.46. The molecule has 4 rings (SSSR count). The Kier molecular flexibility index (Phi) is 6.03. The highest BCUT2D eigenvalue weighted by molar-refractivity contribution is 7.14. The van der Waals surface area contributed by atoms with Crippen molar-refractivity contribution in [1.82, 2.24) is 20.3 Å². The number of rotatable bonds is 4. The van der Waals surface area contributed by atoms with Gasteiger partial charge in [-0.15, -0.1) is 11.3 Å². The van der Waals surface area contributed by atoms with E-state index < -0.39 is 11.7 Å². The molecule has 3 aromatic heterocycles. The molecule has 0 atom stereocenters. The molecule has 2 amide bonds. The van der Waals surface area contributed by atoms with E-state index in [1.807, 2.05) is 22.4 Å². The number of nitrogens with one attached hydrogen (secondary N) is 2. The number of pyridine rings is 2. The Morgan fingerprint density at radius 1 is 1.16 bits per heavy atom. The van der Waals surface area contributed by atoms with Crippen molar-refractivity contribution in [2.45, 2.75) is 25.1 Å². The molecule has 1 aliphatic rings. The fraction of sp³-hybridized carbons (Fsp3) is 0.300. The predicted molar refractivity (Wildman–Crippen MR) is 112 cm³/mol. The molecule has 2 N–H and O–H groups in total. The van der Waals surface area contributed by atoms with Crippen molar-refractivity contribution in [3.63, 3.8) is 0 Å². The first-order chi connectivity index (χ1) is 14.9. The van der Waals surface area contributed by atoms with Crippen molar-refractivity contribution < 1.29 is 18.0 Å². The largest absolute Gasteiger partial charge is 0.417 e. The molecule has 7 nitrogen and oxygen atoms in total. The van der Waals surface area contributed by atoms with Crippen LogP contribution in [0.2, 0.25) is 0 Å². The molecule has 1 fully saturated rings. The van der Waals surface area contributed by atoms with E-state index >= 15 is 0 Å². The number of nitrogens with zero attached hydrogens (tertiary/aromatic N) is 4. The van der Waals surface area contributed by atoms with Gasteiger partial charge in [0.15, 0.2) is 5.13 Å². The molecule has 3 aromatic rings. The quantitative estimate of drug-likeness (QED) is 0.618.